The molecule has 0 radical (unpaired) electrons. The first-order valence-corrected chi connectivity index (χ1v) is 7.63. The molecule has 1 fully saturated rings. The monoisotopic (exact) mass is 311 g/mol. The molecule has 1 heterocycles. The van der Waals surface area contributed by atoms with Crippen LogP contribution in [0.3, 0.4) is 0 Å². The topological polar surface area (TPSA) is 23.5 Å². The summed E-state index contributed by atoms with van der Waals surface area (Å²) in [6.45, 7) is 5.23. The van der Waals surface area contributed by atoms with Gasteiger partial charge in [0.15, 0.2) is 0 Å². The highest BCUT2D eigenvalue weighted by molar-refractivity contribution is 9.10. The van der Waals surface area contributed by atoms with Crippen LogP contribution in [0.5, 0.6) is 0 Å². The maximum absolute atomic E-state index is 9.97. The highest BCUT2D eigenvalue weighted by Crippen LogP contribution is 2.32. The van der Waals surface area contributed by atoms with Crippen LogP contribution in [-0.2, 0) is 0 Å². The molecule has 1 aromatic carbocycles. The maximum atomic E-state index is 9.97. The molecule has 1 aliphatic heterocycles. The van der Waals surface area contributed by atoms with Gasteiger partial charge < -0.3 is 10.0 Å². The molecule has 2 rings (SSSR count). The summed E-state index contributed by atoms with van der Waals surface area (Å²) in [5, 5.41) is 9.97. The lowest BCUT2D eigenvalue weighted by Crippen LogP contribution is -2.33. The molecule has 1 aromatic rings. The van der Waals surface area contributed by atoms with Gasteiger partial charge >= 0.3 is 0 Å². The number of benzene rings is 1. The molecule has 2 nitrogen and oxygen atoms in total. The fourth-order valence-electron chi connectivity index (χ4n) is 2.75. The lowest BCUT2D eigenvalue weighted by atomic mass is 10.1. The molecule has 0 saturated carbocycles. The van der Waals surface area contributed by atoms with E-state index >= 15 is 0 Å². The van der Waals surface area contributed by atoms with Gasteiger partial charge in [0.1, 0.15) is 0 Å². The molecular formula is C15H22BrNO. The van der Waals surface area contributed by atoms with Gasteiger partial charge in [0.25, 0.3) is 0 Å². The van der Waals surface area contributed by atoms with Crippen LogP contribution in [0.4, 0.5) is 5.69 Å². The normalized spacial score (nSPS) is 22.7. The average Bonchev–Trinajstić information content (AvgIpc) is 2.54. The van der Waals surface area contributed by atoms with Crippen LogP contribution >= 0.6 is 15.9 Å². The van der Waals surface area contributed by atoms with Gasteiger partial charge in [-0.1, -0.05) is 28.8 Å². The predicted molar refractivity (Wildman–Crippen MR) is 80.1 cm³/mol. The van der Waals surface area contributed by atoms with Crippen molar-refractivity contribution in [2.75, 3.05) is 11.4 Å². The summed E-state index contributed by atoms with van der Waals surface area (Å²) in [4.78, 5) is 2.46. The third-order valence-corrected chi connectivity index (χ3v) is 4.30. The van der Waals surface area contributed by atoms with Gasteiger partial charge in [-0.25, -0.2) is 0 Å². The molecule has 2 unspecified atom stereocenters. The van der Waals surface area contributed by atoms with Gasteiger partial charge in [-0.15, -0.1) is 0 Å². The number of anilines is 1. The largest absolute Gasteiger partial charge is 0.389 e. The number of halogens is 1. The van der Waals surface area contributed by atoms with E-state index in [2.05, 4.69) is 39.9 Å². The van der Waals surface area contributed by atoms with Crippen molar-refractivity contribution in [3.8, 4) is 0 Å². The summed E-state index contributed by atoms with van der Waals surface area (Å²) in [7, 11) is 0. The predicted octanol–water partition coefficient (Wildman–Crippen LogP) is 4.27. The smallest absolute Gasteiger partial charge is 0.0782 e. The molecule has 3 heteroatoms. The molecule has 18 heavy (non-hydrogen) atoms. The molecule has 0 bridgehead atoms. The Bertz CT molecular complexity index is 405. The Hall–Kier alpha value is -0.540. The minimum Gasteiger partial charge on any atom is -0.389 e. The zero-order valence-corrected chi connectivity index (χ0v) is 12.8. The molecule has 1 aliphatic rings. The SMILES string of the molecule is CC(O)c1cc(Br)ccc1N1CCCCCC1C. The van der Waals surface area contributed by atoms with E-state index in [-0.39, 0.29) is 0 Å². The molecule has 100 valence electrons. The summed E-state index contributed by atoms with van der Waals surface area (Å²) in [5.41, 5.74) is 2.22. The van der Waals surface area contributed by atoms with Gasteiger partial charge in [0.05, 0.1) is 6.10 Å². The van der Waals surface area contributed by atoms with Gasteiger partial charge in [0, 0.05) is 28.3 Å². The third-order valence-electron chi connectivity index (χ3n) is 3.80. The molecule has 0 amide bonds. The zero-order chi connectivity index (χ0) is 13.1. The second kappa shape index (κ2) is 6.07. The van der Waals surface area contributed by atoms with E-state index in [0.29, 0.717) is 6.04 Å². The summed E-state index contributed by atoms with van der Waals surface area (Å²) in [5.74, 6) is 0. The Morgan fingerprint density at radius 1 is 1.33 bits per heavy atom. The minimum absolute atomic E-state index is 0.423. The molecular weight excluding hydrogens is 290 g/mol. The van der Waals surface area contributed by atoms with Crippen LogP contribution in [0.2, 0.25) is 0 Å². The van der Waals surface area contributed by atoms with E-state index in [0.717, 1.165) is 16.6 Å². The summed E-state index contributed by atoms with van der Waals surface area (Å²) >= 11 is 3.49. The van der Waals surface area contributed by atoms with Crippen LogP contribution < -0.4 is 4.90 Å². The van der Waals surface area contributed by atoms with Crippen molar-refractivity contribution >= 4 is 21.6 Å². The van der Waals surface area contributed by atoms with Crippen molar-refractivity contribution in [3.05, 3.63) is 28.2 Å². The quantitative estimate of drug-likeness (QED) is 0.881. The number of aliphatic hydroxyl groups excluding tert-OH is 1. The zero-order valence-electron chi connectivity index (χ0n) is 11.2. The molecule has 0 aliphatic carbocycles. The van der Waals surface area contributed by atoms with Crippen molar-refractivity contribution in [1.29, 1.82) is 0 Å². The first kappa shape index (κ1) is 13.9. The maximum Gasteiger partial charge on any atom is 0.0782 e. The fourth-order valence-corrected chi connectivity index (χ4v) is 3.13. The minimum atomic E-state index is -0.423. The van der Waals surface area contributed by atoms with E-state index in [1.165, 1.54) is 31.4 Å². The molecule has 1 N–H and O–H groups in total. The second-order valence-electron chi connectivity index (χ2n) is 5.27. The lowest BCUT2D eigenvalue weighted by molar-refractivity contribution is 0.199. The van der Waals surface area contributed by atoms with Crippen LogP contribution in [0.15, 0.2) is 22.7 Å². The van der Waals surface area contributed by atoms with Gasteiger partial charge in [0.2, 0.25) is 0 Å². The number of hydrogen-bond acceptors (Lipinski definition) is 2. The molecule has 0 aromatic heterocycles. The van der Waals surface area contributed by atoms with E-state index < -0.39 is 6.10 Å². The van der Waals surface area contributed by atoms with Crippen molar-refractivity contribution < 1.29 is 5.11 Å². The van der Waals surface area contributed by atoms with Crippen LogP contribution in [0.25, 0.3) is 0 Å². The highest BCUT2D eigenvalue weighted by atomic mass is 79.9. The summed E-state index contributed by atoms with van der Waals surface area (Å²) in [6, 6.07) is 6.80. The van der Waals surface area contributed by atoms with Crippen LogP contribution in [0, 0.1) is 0 Å². The van der Waals surface area contributed by atoms with Crippen molar-refractivity contribution in [1.82, 2.24) is 0 Å². The third kappa shape index (κ3) is 3.07. The van der Waals surface area contributed by atoms with E-state index in [1.807, 2.05) is 13.0 Å². The van der Waals surface area contributed by atoms with E-state index in [9.17, 15) is 5.11 Å². The average molecular weight is 312 g/mol. The van der Waals surface area contributed by atoms with Gasteiger partial charge in [-0.3, -0.25) is 0 Å². The first-order valence-electron chi connectivity index (χ1n) is 6.83. The Morgan fingerprint density at radius 3 is 2.83 bits per heavy atom. The van der Waals surface area contributed by atoms with Crippen LogP contribution in [0.1, 0.15) is 51.2 Å². The lowest BCUT2D eigenvalue weighted by Gasteiger charge is -2.32. The second-order valence-corrected chi connectivity index (χ2v) is 6.19. The van der Waals surface area contributed by atoms with Gasteiger partial charge in [-0.2, -0.15) is 0 Å². The Kier molecular flexibility index (Phi) is 4.68. The van der Waals surface area contributed by atoms with Crippen LogP contribution in [-0.4, -0.2) is 17.7 Å². The van der Waals surface area contributed by atoms with Crippen molar-refractivity contribution in [3.63, 3.8) is 0 Å². The van der Waals surface area contributed by atoms with Crippen molar-refractivity contribution in [2.24, 2.45) is 0 Å². The summed E-state index contributed by atoms with van der Waals surface area (Å²) < 4.78 is 1.03. The Balaban J connectivity index is 2.36. The molecule has 0 spiro atoms. The standard InChI is InChI=1S/C15H22BrNO/c1-11-6-4-3-5-9-17(11)15-8-7-13(16)10-14(15)12(2)18/h7-8,10-12,18H,3-6,9H2,1-2H3. The number of rotatable bonds is 2. The van der Waals surface area contributed by atoms with Crippen molar-refractivity contribution in [2.45, 2.75) is 51.7 Å². The molecule has 1 saturated heterocycles. The van der Waals surface area contributed by atoms with E-state index in [1.54, 1.807) is 0 Å². The summed E-state index contributed by atoms with van der Waals surface area (Å²) in [6.07, 6.45) is 4.71. The Morgan fingerprint density at radius 2 is 2.11 bits per heavy atom. The number of hydrogen-bond donors (Lipinski definition) is 1. The van der Waals surface area contributed by atoms with Gasteiger partial charge in [-0.05, 0) is 44.9 Å². The fraction of sp³-hybridized carbons (Fsp3) is 0.600. The number of aliphatic hydroxyl groups is 1. The van der Waals surface area contributed by atoms with E-state index in [4.69, 9.17) is 0 Å². The highest BCUT2D eigenvalue weighted by Gasteiger charge is 2.21. The first-order chi connectivity index (χ1) is 8.59. The number of nitrogens with zero attached hydrogens (tertiary/aromatic N) is 1. The molecule has 2 atom stereocenters. The Labute approximate surface area is 118 Å².